The standard InChI is InChI=1S/C10H16N4O3/c1-3-8(9(15)16)13-10(17)11-4-7-5-12-14-6(7)2/h5,8H,3-4H2,1-2H3,(H,12,14)(H,15,16)(H2,11,13,17)/t8-/m0/s1. The maximum Gasteiger partial charge on any atom is 0.326 e. The fourth-order valence-corrected chi connectivity index (χ4v) is 1.28. The highest BCUT2D eigenvalue weighted by atomic mass is 16.4. The minimum absolute atomic E-state index is 0.310. The topological polar surface area (TPSA) is 107 Å². The smallest absolute Gasteiger partial charge is 0.326 e. The summed E-state index contributed by atoms with van der Waals surface area (Å²) in [4.78, 5) is 22.1. The van der Waals surface area contributed by atoms with Crippen LogP contribution in [0.3, 0.4) is 0 Å². The van der Waals surface area contributed by atoms with E-state index in [1.54, 1.807) is 13.1 Å². The summed E-state index contributed by atoms with van der Waals surface area (Å²) in [6.07, 6.45) is 1.96. The van der Waals surface area contributed by atoms with Crippen LogP contribution >= 0.6 is 0 Å². The maximum absolute atomic E-state index is 11.4. The number of aromatic nitrogens is 2. The normalized spacial score (nSPS) is 11.9. The Balaban J connectivity index is 2.40. The molecule has 1 rings (SSSR count). The van der Waals surface area contributed by atoms with E-state index in [0.29, 0.717) is 13.0 Å². The van der Waals surface area contributed by atoms with Crippen LogP contribution in [-0.4, -0.2) is 33.3 Å². The number of carboxylic acids is 1. The number of hydrogen-bond acceptors (Lipinski definition) is 3. The molecule has 1 aromatic heterocycles. The van der Waals surface area contributed by atoms with E-state index in [-0.39, 0.29) is 0 Å². The van der Waals surface area contributed by atoms with E-state index in [4.69, 9.17) is 5.11 Å². The lowest BCUT2D eigenvalue weighted by atomic mass is 10.2. The van der Waals surface area contributed by atoms with Crippen molar-refractivity contribution in [2.24, 2.45) is 0 Å². The van der Waals surface area contributed by atoms with Crippen molar-refractivity contribution < 1.29 is 14.7 Å². The molecular formula is C10H16N4O3. The van der Waals surface area contributed by atoms with Gasteiger partial charge in [0.15, 0.2) is 0 Å². The lowest BCUT2D eigenvalue weighted by molar-refractivity contribution is -0.139. The molecular weight excluding hydrogens is 224 g/mol. The summed E-state index contributed by atoms with van der Waals surface area (Å²) in [7, 11) is 0. The van der Waals surface area contributed by atoms with Gasteiger partial charge in [0.25, 0.3) is 0 Å². The molecule has 17 heavy (non-hydrogen) atoms. The average Bonchev–Trinajstić information content (AvgIpc) is 2.68. The summed E-state index contributed by atoms with van der Waals surface area (Å²) >= 11 is 0. The third kappa shape index (κ3) is 3.78. The van der Waals surface area contributed by atoms with Crippen LogP contribution in [0.1, 0.15) is 24.6 Å². The van der Waals surface area contributed by atoms with Gasteiger partial charge in [-0.25, -0.2) is 9.59 Å². The molecule has 2 amide bonds. The minimum Gasteiger partial charge on any atom is -0.480 e. The first-order valence-corrected chi connectivity index (χ1v) is 5.30. The SMILES string of the molecule is CC[C@H](NC(=O)NCc1cn[nH]c1C)C(=O)O. The highest BCUT2D eigenvalue weighted by molar-refractivity contribution is 5.82. The van der Waals surface area contributed by atoms with Crippen LogP contribution in [0.25, 0.3) is 0 Å². The predicted molar refractivity (Wildman–Crippen MR) is 60.4 cm³/mol. The second kappa shape index (κ2) is 5.88. The van der Waals surface area contributed by atoms with Crippen molar-refractivity contribution in [1.82, 2.24) is 20.8 Å². The maximum atomic E-state index is 11.4. The van der Waals surface area contributed by atoms with Crippen LogP contribution in [0.4, 0.5) is 4.79 Å². The number of aromatic amines is 1. The van der Waals surface area contributed by atoms with Crippen LogP contribution in [0.2, 0.25) is 0 Å². The molecule has 1 heterocycles. The summed E-state index contributed by atoms with van der Waals surface area (Å²) in [6, 6.07) is -1.36. The number of amides is 2. The Labute approximate surface area is 98.6 Å². The molecule has 1 aromatic rings. The van der Waals surface area contributed by atoms with Gasteiger partial charge in [-0.2, -0.15) is 5.10 Å². The van der Waals surface area contributed by atoms with E-state index in [2.05, 4.69) is 20.8 Å². The van der Waals surface area contributed by atoms with Gasteiger partial charge in [0.2, 0.25) is 0 Å². The zero-order valence-electron chi connectivity index (χ0n) is 9.78. The second-order valence-corrected chi connectivity index (χ2v) is 3.65. The van der Waals surface area contributed by atoms with E-state index in [1.807, 2.05) is 6.92 Å². The van der Waals surface area contributed by atoms with E-state index < -0.39 is 18.0 Å². The first kappa shape index (κ1) is 13.0. The number of aliphatic carboxylic acids is 1. The molecule has 1 atom stereocenters. The third-order valence-electron chi connectivity index (χ3n) is 2.39. The monoisotopic (exact) mass is 240 g/mol. The van der Waals surface area contributed by atoms with E-state index in [0.717, 1.165) is 11.3 Å². The minimum atomic E-state index is -1.04. The molecule has 0 saturated carbocycles. The Kier molecular flexibility index (Phi) is 4.50. The molecule has 0 saturated heterocycles. The largest absolute Gasteiger partial charge is 0.480 e. The Hall–Kier alpha value is -2.05. The molecule has 0 aliphatic rings. The molecule has 94 valence electrons. The van der Waals surface area contributed by atoms with E-state index in [1.165, 1.54) is 0 Å². The van der Waals surface area contributed by atoms with Crippen molar-refractivity contribution in [3.8, 4) is 0 Å². The van der Waals surface area contributed by atoms with E-state index in [9.17, 15) is 9.59 Å². The number of urea groups is 1. The van der Waals surface area contributed by atoms with Gasteiger partial charge < -0.3 is 15.7 Å². The Morgan fingerprint density at radius 2 is 2.29 bits per heavy atom. The molecule has 0 unspecified atom stereocenters. The Morgan fingerprint density at radius 1 is 1.59 bits per heavy atom. The molecule has 0 bridgehead atoms. The van der Waals surface area contributed by atoms with Crippen LogP contribution < -0.4 is 10.6 Å². The highest BCUT2D eigenvalue weighted by Crippen LogP contribution is 2.01. The van der Waals surface area contributed by atoms with E-state index >= 15 is 0 Å². The molecule has 0 fully saturated rings. The second-order valence-electron chi connectivity index (χ2n) is 3.65. The van der Waals surface area contributed by atoms with Crippen molar-refractivity contribution in [2.75, 3.05) is 0 Å². The number of rotatable bonds is 5. The summed E-state index contributed by atoms with van der Waals surface area (Å²) in [5.74, 6) is -1.04. The van der Waals surface area contributed by atoms with Crippen molar-refractivity contribution in [3.05, 3.63) is 17.5 Å². The number of aryl methyl sites for hydroxylation is 1. The molecule has 7 nitrogen and oxygen atoms in total. The highest BCUT2D eigenvalue weighted by Gasteiger charge is 2.17. The molecule has 0 aliphatic carbocycles. The van der Waals surface area contributed by atoms with Gasteiger partial charge in [0.1, 0.15) is 6.04 Å². The number of nitrogens with one attached hydrogen (secondary N) is 3. The van der Waals surface area contributed by atoms with Gasteiger partial charge in [0, 0.05) is 17.8 Å². The summed E-state index contributed by atoms with van der Waals surface area (Å²) in [5, 5.41) is 20.3. The Morgan fingerprint density at radius 3 is 2.76 bits per heavy atom. The van der Waals surface area contributed by atoms with Gasteiger partial charge in [-0.15, -0.1) is 0 Å². The average molecular weight is 240 g/mol. The zero-order chi connectivity index (χ0) is 12.8. The van der Waals surface area contributed by atoms with Gasteiger partial charge >= 0.3 is 12.0 Å². The van der Waals surface area contributed by atoms with Gasteiger partial charge in [0.05, 0.1) is 6.20 Å². The molecule has 0 aromatic carbocycles. The molecule has 0 spiro atoms. The number of nitrogens with zero attached hydrogens (tertiary/aromatic N) is 1. The van der Waals surface area contributed by atoms with Gasteiger partial charge in [-0.05, 0) is 13.3 Å². The summed E-state index contributed by atoms with van der Waals surface area (Å²) in [6.45, 7) is 3.84. The first-order chi connectivity index (χ1) is 8.04. The fourth-order valence-electron chi connectivity index (χ4n) is 1.28. The molecule has 0 radical (unpaired) electrons. The van der Waals surface area contributed by atoms with Crippen LogP contribution in [0.5, 0.6) is 0 Å². The van der Waals surface area contributed by atoms with Crippen molar-refractivity contribution in [3.63, 3.8) is 0 Å². The lowest BCUT2D eigenvalue weighted by Crippen LogP contribution is -2.45. The quantitative estimate of drug-likeness (QED) is 0.596. The Bertz CT molecular complexity index is 402. The third-order valence-corrected chi connectivity index (χ3v) is 2.39. The van der Waals surface area contributed by atoms with Gasteiger partial charge in [-0.3, -0.25) is 5.10 Å². The van der Waals surface area contributed by atoms with Crippen LogP contribution in [-0.2, 0) is 11.3 Å². The summed E-state index contributed by atoms with van der Waals surface area (Å²) < 4.78 is 0. The molecule has 4 N–H and O–H groups in total. The summed E-state index contributed by atoms with van der Waals surface area (Å²) in [5.41, 5.74) is 1.74. The first-order valence-electron chi connectivity index (χ1n) is 5.30. The van der Waals surface area contributed by atoms with Crippen LogP contribution in [0.15, 0.2) is 6.20 Å². The van der Waals surface area contributed by atoms with Crippen molar-refractivity contribution >= 4 is 12.0 Å². The zero-order valence-corrected chi connectivity index (χ0v) is 9.78. The number of H-pyrrole nitrogens is 1. The predicted octanol–water partition coefficient (Wildman–Crippen LogP) is 0.381. The van der Waals surface area contributed by atoms with Crippen molar-refractivity contribution in [2.45, 2.75) is 32.9 Å². The van der Waals surface area contributed by atoms with Crippen molar-refractivity contribution in [1.29, 1.82) is 0 Å². The number of hydrogen-bond donors (Lipinski definition) is 4. The number of carbonyl (C=O) groups excluding carboxylic acids is 1. The number of carbonyl (C=O) groups is 2. The van der Waals surface area contributed by atoms with Gasteiger partial charge in [-0.1, -0.05) is 6.92 Å². The van der Waals surface area contributed by atoms with Crippen LogP contribution in [0, 0.1) is 6.92 Å². The fraction of sp³-hybridized carbons (Fsp3) is 0.500. The molecule has 7 heteroatoms. The molecule has 0 aliphatic heterocycles. The number of carboxylic acid groups (broad SMARTS) is 1. The lowest BCUT2D eigenvalue weighted by Gasteiger charge is -2.12.